The molecule has 2 atom stereocenters. The van der Waals surface area contributed by atoms with Gasteiger partial charge < -0.3 is 0 Å². The minimum atomic E-state index is 0.211. The Hall–Kier alpha value is -0.443. The first-order valence-corrected chi connectivity index (χ1v) is 7.32. The van der Waals surface area contributed by atoms with E-state index in [1.165, 1.54) is 11.1 Å². The van der Waals surface area contributed by atoms with Gasteiger partial charge in [-0.05, 0) is 0 Å². The maximum absolute atomic E-state index is 2.22. The van der Waals surface area contributed by atoms with Gasteiger partial charge in [0.2, 0.25) is 0 Å². The summed E-state index contributed by atoms with van der Waals surface area (Å²) in [6.07, 6.45) is 0. The molecule has 0 aromatic heterocycles. The Kier molecular flexibility index (Phi) is 3.39. The van der Waals surface area contributed by atoms with Crippen molar-refractivity contribution in [2.24, 2.45) is 0 Å². The monoisotopic (exact) mass is 320 g/mol. The zero-order valence-electron chi connectivity index (χ0n) is 8.43. The molecule has 15 heavy (non-hydrogen) atoms. The summed E-state index contributed by atoms with van der Waals surface area (Å²) >= 11 is 3.55. The van der Waals surface area contributed by atoms with E-state index in [-0.39, 0.29) is 2.99 Å². The van der Waals surface area contributed by atoms with Crippen LogP contribution in [0.15, 0.2) is 60.7 Å². The van der Waals surface area contributed by atoms with Crippen LogP contribution in [-0.4, -0.2) is 33.7 Å². The second-order valence-corrected chi connectivity index (χ2v) is 10.4. The molecule has 2 aromatic rings. The van der Waals surface area contributed by atoms with Crippen LogP contribution < -0.4 is 0 Å². The second kappa shape index (κ2) is 4.60. The van der Waals surface area contributed by atoms with Crippen molar-refractivity contribution in [2.45, 2.75) is 2.99 Å². The molecule has 2 heteroatoms. The molecule has 0 aliphatic heterocycles. The van der Waals surface area contributed by atoms with Crippen LogP contribution in [0.2, 0.25) is 0 Å². The molecule has 0 bridgehead atoms. The normalized spacial score (nSPS) is 11.3. The van der Waals surface area contributed by atoms with Crippen LogP contribution in [0, 0.1) is 0 Å². The van der Waals surface area contributed by atoms with Crippen LogP contribution in [0.4, 0.5) is 0 Å². The summed E-state index contributed by atoms with van der Waals surface area (Å²) in [6, 6.07) is 21.5. The molecule has 2 rings (SSSR count). The molecule has 0 aliphatic rings. The molecule has 0 spiro atoms. The van der Waals surface area contributed by atoms with E-state index in [0.717, 1.165) is 0 Å². The van der Waals surface area contributed by atoms with Gasteiger partial charge in [0.15, 0.2) is 0 Å². The van der Waals surface area contributed by atoms with E-state index in [1.54, 1.807) is 33.7 Å². The first-order chi connectivity index (χ1) is 7.21. The van der Waals surface area contributed by atoms with Gasteiger partial charge in [0.1, 0.15) is 0 Å². The SMILES string of the molecule is [AsH2]C([AsH2])(c1ccccc1)c1ccccc1. The van der Waals surface area contributed by atoms with Crippen molar-refractivity contribution in [3.05, 3.63) is 71.8 Å². The molecule has 2 unspecified atom stereocenters. The van der Waals surface area contributed by atoms with Crippen molar-refractivity contribution >= 4 is 33.7 Å². The van der Waals surface area contributed by atoms with Gasteiger partial charge in [-0.2, -0.15) is 0 Å². The molecule has 2 aromatic carbocycles. The topological polar surface area (TPSA) is 0 Å². The fourth-order valence-electron chi connectivity index (χ4n) is 1.59. The summed E-state index contributed by atoms with van der Waals surface area (Å²) in [5, 5.41) is 0. The van der Waals surface area contributed by atoms with E-state index in [0.29, 0.717) is 0 Å². The fraction of sp³-hybridized carbons (Fsp3) is 0.0769. The molecular formula is C13H14As2. The Bertz CT molecular complexity index is 379. The van der Waals surface area contributed by atoms with Crippen molar-refractivity contribution in [1.29, 1.82) is 0 Å². The minimum absolute atomic E-state index is 0.211. The first-order valence-electron chi connectivity index (χ1n) is 4.90. The molecule has 0 radical (unpaired) electrons. The van der Waals surface area contributed by atoms with Gasteiger partial charge in [-0.1, -0.05) is 0 Å². The predicted octanol–water partition coefficient (Wildman–Crippen LogP) is 1.15. The predicted molar refractivity (Wildman–Crippen MR) is 70.8 cm³/mol. The Balaban J connectivity index is 2.44. The van der Waals surface area contributed by atoms with Crippen molar-refractivity contribution in [3.8, 4) is 0 Å². The second-order valence-electron chi connectivity index (χ2n) is 3.60. The van der Waals surface area contributed by atoms with Crippen LogP contribution in [0.25, 0.3) is 0 Å². The van der Waals surface area contributed by atoms with Gasteiger partial charge in [0.25, 0.3) is 0 Å². The zero-order chi connectivity index (χ0) is 10.7. The summed E-state index contributed by atoms with van der Waals surface area (Å²) in [5.41, 5.74) is 2.83. The van der Waals surface area contributed by atoms with Crippen molar-refractivity contribution in [3.63, 3.8) is 0 Å². The Morgan fingerprint density at radius 1 is 0.600 bits per heavy atom. The summed E-state index contributed by atoms with van der Waals surface area (Å²) in [5.74, 6) is 0. The van der Waals surface area contributed by atoms with E-state index < -0.39 is 0 Å². The number of hydrogen-bond acceptors (Lipinski definition) is 0. The molecule has 0 saturated heterocycles. The van der Waals surface area contributed by atoms with Gasteiger partial charge in [0, 0.05) is 0 Å². The molecular weight excluding hydrogens is 306 g/mol. The molecule has 0 aliphatic carbocycles. The molecule has 0 saturated carbocycles. The third-order valence-electron chi connectivity index (χ3n) is 2.50. The van der Waals surface area contributed by atoms with Crippen LogP contribution in [0.1, 0.15) is 11.1 Å². The van der Waals surface area contributed by atoms with E-state index in [2.05, 4.69) is 60.7 Å². The summed E-state index contributed by atoms with van der Waals surface area (Å²) < 4.78 is 0.211. The van der Waals surface area contributed by atoms with Gasteiger partial charge in [-0.25, -0.2) is 0 Å². The van der Waals surface area contributed by atoms with E-state index in [9.17, 15) is 0 Å². The van der Waals surface area contributed by atoms with Gasteiger partial charge in [-0.15, -0.1) is 0 Å². The maximum atomic E-state index is 2.22. The van der Waals surface area contributed by atoms with E-state index >= 15 is 0 Å². The standard InChI is InChI=1S/C13H14As2/c14-13(15,11-7-3-1-4-8-11)12-9-5-2-6-10-12/h1-10H,14-15H2. The molecule has 0 heterocycles. The summed E-state index contributed by atoms with van der Waals surface area (Å²) in [7, 11) is 0. The van der Waals surface area contributed by atoms with E-state index in [1.807, 2.05) is 0 Å². The van der Waals surface area contributed by atoms with Crippen LogP contribution in [-0.2, 0) is 2.99 Å². The Labute approximate surface area is 108 Å². The number of benzene rings is 2. The van der Waals surface area contributed by atoms with Gasteiger partial charge in [0.05, 0.1) is 0 Å². The van der Waals surface area contributed by atoms with Crippen LogP contribution in [0.5, 0.6) is 0 Å². The molecule has 0 amide bonds. The van der Waals surface area contributed by atoms with Gasteiger partial charge in [-0.3, -0.25) is 0 Å². The third kappa shape index (κ3) is 2.38. The first kappa shape index (κ1) is 11.1. The number of rotatable bonds is 2. The van der Waals surface area contributed by atoms with Gasteiger partial charge >= 0.3 is 108 Å². The van der Waals surface area contributed by atoms with Crippen LogP contribution >= 0.6 is 0 Å². The van der Waals surface area contributed by atoms with Crippen LogP contribution in [0.3, 0.4) is 0 Å². The summed E-state index contributed by atoms with van der Waals surface area (Å²) in [6.45, 7) is 0. The van der Waals surface area contributed by atoms with Crippen molar-refractivity contribution in [1.82, 2.24) is 0 Å². The quantitative estimate of drug-likeness (QED) is 0.729. The summed E-state index contributed by atoms with van der Waals surface area (Å²) in [4.78, 5) is 0. The zero-order valence-corrected chi connectivity index (χ0v) is 13.3. The molecule has 0 fully saturated rings. The molecule has 0 nitrogen and oxygen atoms in total. The Morgan fingerprint density at radius 2 is 0.933 bits per heavy atom. The fourth-order valence-corrected chi connectivity index (χ4v) is 3.21. The molecule has 76 valence electrons. The van der Waals surface area contributed by atoms with Crippen molar-refractivity contribution < 1.29 is 0 Å². The average molecular weight is 320 g/mol. The molecule has 0 N–H and O–H groups in total. The average Bonchev–Trinajstić information content (AvgIpc) is 2.31. The Morgan fingerprint density at radius 3 is 1.27 bits per heavy atom. The number of hydrogen-bond donors (Lipinski definition) is 0. The van der Waals surface area contributed by atoms with Crippen molar-refractivity contribution in [2.75, 3.05) is 0 Å². The third-order valence-corrected chi connectivity index (χ3v) is 5.30. The van der Waals surface area contributed by atoms with E-state index in [4.69, 9.17) is 0 Å².